The normalized spacial score (nSPS) is 10.9. The molecule has 0 aliphatic carbocycles. The molecule has 186 valence electrons. The minimum Gasteiger partial charge on any atom is -0.493 e. The Balaban J connectivity index is 1.79. The number of carbonyl (C=O) groups excluding carboxylic acids is 1. The van der Waals surface area contributed by atoms with Crippen molar-refractivity contribution < 1.29 is 28.7 Å². The lowest BCUT2D eigenvalue weighted by Gasteiger charge is -2.13. The largest absolute Gasteiger partial charge is 0.493 e. The van der Waals surface area contributed by atoms with Gasteiger partial charge in [-0.15, -0.1) is 0 Å². The van der Waals surface area contributed by atoms with Gasteiger partial charge in [0.15, 0.2) is 17.2 Å². The Hall–Kier alpha value is -4.79. The number of benzene rings is 3. The predicted molar refractivity (Wildman–Crippen MR) is 139 cm³/mol. The zero-order valence-electron chi connectivity index (χ0n) is 20.3. The van der Waals surface area contributed by atoms with E-state index in [2.05, 4.69) is 5.32 Å². The van der Waals surface area contributed by atoms with Crippen LogP contribution in [0.1, 0.15) is 16.7 Å². The maximum Gasteiger partial charge on any atom is 0.311 e. The highest BCUT2D eigenvalue weighted by Gasteiger charge is 2.15. The molecule has 0 spiro atoms. The topological polar surface area (TPSA) is 109 Å². The molecule has 0 bridgehead atoms. The summed E-state index contributed by atoms with van der Waals surface area (Å²) in [6, 6.07) is 15.4. The van der Waals surface area contributed by atoms with E-state index in [1.807, 2.05) is 42.5 Å². The van der Waals surface area contributed by atoms with E-state index in [4.69, 9.17) is 18.9 Å². The molecule has 0 heterocycles. The maximum atomic E-state index is 12.6. The molecule has 0 unspecified atom stereocenters. The number of rotatable bonds is 10. The Morgan fingerprint density at radius 2 is 1.47 bits per heavy atom. The van der Waals surface area contributed by atoms with Gasteiger partial charge in [0.25, 0.3) is 0 Å². The van der Waals surface area contributed by atoms with Crippen LogP contribution in [-0.2, 0) is 4.79 Å². The molecule has 9 heteroatoms. The van der Waals surface area contributed by atoms with Gasteiger partial charge < -0.3 is 24.3 Å². The summed E-state index contributed by atoms with van der Waals surface area (Å²) in [5.74, 6) is 1.32. The fourth-order valence-corrected chi connectivity index (χ4v) is 3.44. The molecular weight excluding hydrogens is 464 g/mol. The van der Waals surface area contributed by atoms with Crippen molar-refractivity contribution in [2.45, 2.75) is 0 Å². The second-order valence-electron chi connectivity index (χ2n) is 7.39. The lowest BCUT2D eigenvalue weighted by Crippen LogP contribution is -2.08. The first kappa shape index (κ1) is 25.8. The van der Waals surface area contributed by atoms with Gasteiger partial charge in [0, 0.05) is 17.8 Å². The first-order valence-electron chi connectivity index (χ1n) is 10.8. The Kier molecular flexibility index (Phi) is 8.66. The van der Waals surface area contributed by atoms with Crippen LogP contribution in [0.25, 0.3) is 18.2 Å². The van der Waals surface area contributed by atoms with Crippen molar-refractivity contribution in [1.29, 1.82) is 0 Å². The van der Waals surface area contributed by atoms with E-state index in [0.29, 0.717) is 28.5 Å². The summed E-state index contributed by atoms with van der Waals surface area (Å²) >= 11 is 0. The zero-order valence-corrected chi connectivity index (χ0v) is 20.3. The summed E-state index contributed by atoms with van der Waals surface area (Å²) < 4.78 is 21.1. The van der Waals surface area contributed by atoms with Crippen LogP contribution >= 0.6 is 0 Å². The number of anilines is 1. The van der Waals surface area contributed by atoms with Crippen molar-refractivity contribution >= 4 is 35.5 Å². The Morgan fingerprint density at radius 1 is 0.806 bits per heavy atom. The van der Waals surface area contributed by atoms with Crippen LogP contribution in [0.4, 0.5) is 11.4 Å². The number of nitro benzene ring substituents is 1. The number of nitrogens with zero attached hydrogens (tertiary/aromatic N) is 1. The van der Waals surface area contributed by atoms with Gasteiger partial charge in [0.05, 0.1) is 33.4 Å². The number of amides is 1. The van der Waals surface area contributed by atoms with Crippen molar-refractivity contribution in [2.75, 3.05) is 33.8 Å². The van der Waals surface area contributed by atoms with Crippen molar-refractivity contribution in [3.05, 3.63) is 87.5 Å². The number of ether oxygens (including phenoxy) is 4. The standard InChI is InChI=1S/C27H26N2O7/c1-33-23-13-10-18(15-22(23)29(31)32)11-14-26(30)28-21-8-6-5-7-20(21)12-9-19-16-24(34-2)27(36-4)25(17-19)35-3/h5-17H,1-4H3,(H,28,30)/b12-9+,14-11+. The molecule has 0 fully saturated rings. The zero-order chi connectivity index (χ0) is 26.1. The summed E-state index contributed by atoms with van der Waals surface area (Å²) in [6.45, 7) is 0. The van der Waals surface area contributed by atoms with E-state index < -0.39 is 4.92 Å². The second-order valence-corrected chi connectivity index (χ2v) is 7.39. The molecule has 1 N–H and O–H groups in total. The number of methoxy groups -OCH3 is 4. The molecule has 9 nitrogen and oxygen atoms in total. The SMILES string of the molecule is COc1ccc(/C=C/C(=O)Nc2ccccc2/C=C/c2cc(OC)c(OC)c(OC)c2)cc1[N+](=O)[O-]. The van der Waals surface area contributed by atoms with E-state index in [9.17, 15) is 14.9 Å². The third-order valence-electron chi connectivity index (χ3n) is 5.19. The van der Waals surface area contributed by atoms with Gasteiger partial charge in [-0.1, -0.05) is 36.4 Å². The highest BCUT2D eigenvalue weighted by molar-refractivity contribution is 6.03. The molecule has 0 aliphatic rings. The smallest absolute Gasteiger partial charge is 0.311 e. The molecular formula is C27H26N2O7. The van der Waals surface area contributed by atoms with Crippen molar-refractivity contribution in [3.63, 3.8) is 0 Å². The van der Waals surface area contributed by atoms with E-state index in [1.54, 1.807) is 33.5 Å². The third kappa shape index (κ3) is 6.20. The molecule has 0 atom stereocenters. The lowest BCUT2D eigenvalue weighted by atomic mass is 10.1. The first-order valence-corrected chi connectivity index (χ1v) is 10.8. The number of para-hydroxylation sites is 1. The fraction of sp³-hybridized carbons (Fsp3) is 0.148. The highest BCUT2D eigenvalue weighted by Crippen LogP contribution is 2.38. The number of hydrogen-bond donors (Lipinski definition) is 1. The molecule has 0 aliphatic heterocycles. The van der Waals surface area contributed by atoms with E-state index in [1.165, 1.54) is 31.4 Å². The van der Waals surface area contributed by atoms with E-state index >= 15 is 0 Å². The Bertz CT molecular complexity index is 1290. The van der Waals surface area contributed by atoms with Crippen LogP contribution < -0.4 is 24.3 Å². The molecule has 3 rings (SSSR count). The van der Waals surface area contributed by atoms with Gasteiger partial charge in [-0.2, -0.15) is 0 Å². The lowest BCUT2D eigenvalue weighted by molar-refractivity contribution is -0.385. The van der Waals surface area contributed by atoms with Crippen LogP contribution in [0.15, 0.2) is 60.7 Å². The summed E-state index contributed by atoms with van der Waals surface area (Å²) in [5, 5.41) is 14.0. The minimum atomic E-state index is -0.535. The number of hydrogen-bond acceptors (Lipinski definition) is 7. The highest BCUT2D eigenvalue weighted by atomic mass is 16.6. The minimum absolute atomic E-state index is 0.148. The molecule has 0 saturated carbocycles. The fourth-order valence-electron chi connectivity index (χ4n) is 3.44. The second kappa shape index (κ2) is 12.1. The number of nitro groups is 1. The molecule has 3 aromatic carbocycles. The van der Waals surface area contributed by atoms with Crippen molar-refractivity contribution in [2.24, 2.45) is 0 Å². The summed E-state index contributed by atoms with van der Waals surface area (Å²) in [5.41, 5.74) is 2.49. The molecule has 36 heavy (non-hydrogen) atoms. The van der Waals surface area contributed by atoms with Gasteiger partial charge in [-0.05, 0) is 47.0 Å². The summed E-state index contributed by atoms with van der Waals surface area (Å²) in [4.78, 5) is 23.2. The van der Waals surface area contributed by atoms with Gasteiger partial charge >= 0.3 is 5.69 Å². The van der Waals surface area contributed by atoms with Gasteiger partial charge in [-0.25, -0.2) is 0 Å². The van der Waals surface area contributed by atoms with Crippen LogP contribution in [0.3, 0.4) is 0 Å². The number of nitrogens with one attached hydrogen (secondary N) is 1. The quantitative estimate of drug-likeness (QED) is 0.174. The average Bonchev–Trinajstić information content (AvgIpc) is 2.90. The first-order chi connectivity index (χ1) is 17.4. The van der Waals surface area contributed by atoms with E-state index in [-0.39, 0.29) is 17.3 Å². The summed E-state index contributed by atoms with van der Waals surface area (Å²) in [7, 11) is 6.00. The van der Waals surface area contributed by atoms with Gasteiger partial charge in [0.1, 0.15) is 0 Å². The van der Waals surface area contributed by atoms with Crippen LogP contribution in [0.2, 0.25) is 0 Å². The molecule has 0 radical (unpaired) electrons. The van der Waals surface area contributed by atoms with E-state index in [0.717, 1.165) is 11.1 Å². The molecule has 3 aromatic rings. The number of carbonyl (C=O) groups is 1. The average molecular weight is 491 g/mol. The Morgan fingerprint density at radius 3 is 2.08 bits per heavy atom. The van der Waals surface area contributed by atoms with Crippen LogP contribution in [0.5, 0.6) is 23.0 Å². The maximum absolute atomic E-state index is 12.6. The molecule has 0 aromatic heterocycles. The third-order valence-corrected chi connectivity index (χ3v) is 5.19. The molecule has 0 saturated heterocycles. The monoisotopic (exact) mass is 490 g/mol. The predicted octanol–water partition coefficient (Wildman–Crippen LogP) is 5.45. The van der Waals surface area contributed by atoms with Gasteiger partial charge in [-0.3, -0.25) is 14.9 Å². The van der Waals surface area contributed by atoms with Crippen LogP contribution in [-0.4, -0.2) is 39.3 Å². The van der Waals surface area contributed by atoms with Gasteiger partial charge in [0.2, 0.25) is 11.7 Å². The van der Waals surface area contributed by atoms with Crippen LogP contribution in [0, 0.1) is 10.1 Å². The molecule has 1 amide bonds. The van der Waals surface area contributed by atoms with Crippen molar-refractivity contribution in [3.8, 4) is 23.0 Å². The van der Waals surface area contributed by atoms with Crippen molar-refractivity contribution in [1.82, 2.24) is 0 Å². The summed E-state index contributed by atoms with van der Waals surface area (Å²) in [6.07, 6.45) is 6.52. The Labute approximate surface area is 208 Å².